The predicted molar refractivity (Wildman–Crippen MR) is 122 cm³/mol. The molecule has 0 fully saturated rings. The van der Waals surface area contributed by atoms with Gasteiger partial charge in [0.2, 0.25) is 0 Å². The third kappa shape index (κ3) is 4.03. The number of hydrogen-bond acceptors (Lipinski definition) is 6. The summed E-state index contributed by atoms with van der Waals surface area (Å²) in [6.07, 6.45) is 0. The van der Waals surface area contributed by atoms with E-state index in [0.717, 1.165) is 5.69 Å². The molecule has 0 saturated carbocycles. The maximum absolute atomic E-state index is 13.4. The van der Waals surface area contributed by atoms with Crippen LogP contribution in [-0.2, 0) is 9.59 Å². The second-order valence-corrected chi connectivity index (χ2v) is 8.88. The van der Waals surface area contributed by atoms with E-state index in [-0.39, 0.29) is 17.1 Å². The van der Waals surface area contributed by atoms with Crippen LogP contribution in [0.4, 0.5) is 11.4 Å². The maximum Gasteiger partial charge on any atom is 0.272 e. The number of carbonyl (C=O) groups excluding carboxylic acids is 2. The largest absolute Gasteiger partial charge is 0.493 e. The Morgan fingerprint density at radius 3 is 2.07 bits per heavy atom. The number of rotatable bonds is 7. The molecule has 0 atom stereocenters. The first-order valence-corrected chi connectivity index (χ1v) is 10.5. The summed E-state index contributed by atoms with van der Waals surface area (Å²) in [5.74, 6) is 0.423. The van der Waals surface area contributed by atoms with Gasteiger partial charge >= 0.3 is 0 Å². The summed E-state index contributed by atoms with van der Waals surface area (Å²) in [4.78, 5) is 30.4. The van der Waals surface area contributed by atoms with Crippen LogP contribution in [0.3, 0.4) is 0 Å². The summed E-state index contributed by atoms with van der Waals surface area (Å²) in [7, 11) is 6.98. The Hall–Kier alpha value is -2.93. The lowest BCUT2D eigenvalue weighted by Crippen LogP contribution is -2.31. The second-order valence-electron chi connectivity index (χ2n) is 7.30. The highest BCUT2D eigenvalue weighted by Crippen LogP contribution is 2.42. The van der Waals surface area contributed by atoms with Crippen molar-refractivity contribution in [3.8, 4) is 11.5 Å². The van der Waals surface area contributed by atoms with Crippen molar-refractivity contribution in [3.05, 3.63) is 52.9 Å². The van der Waals surface area contributed by atoms with Gasteiger partial charge in [-0.15, -0.1) is 11.8 Å². The van der Waals surface area contributed by atoms with Gasteiger partial charge in [-0.25, -0.2) is 4.90 Å². The summed E-state index contributed by atoms with van der Waals surface area (Å²) >= 11 is 1.39. The van der Waals surface area contributed by atoms with E-state index in [1.165, 1.54) is 16.7 Å². The average molecular weight is 427 g/mol. The number of imide groups is 1. The van der Waals surface area contributed by atoms with Crippen molar-refractivity contribution in [3.63, 3.8) is 0 Å². The van der Waals surface area contributed by atoms with Crippen LogP contribution in [0.25, 0.3) is 5.57 Å². The molecule has 3 rings (SSSR count). The molecule has 2 amide bonds. The Morgan fingerprint density at radius 1 is 0.900 bits per heavy atom. The van der Waals surface area contributed by atoms with Crippen LogP contribution in [0.5, 0.6) is 11.5 Å². The Kier molecular flexibility index (Phi) is 6.41. The summed E-state index contributed by atoms with van der Waals surface area (Å²) in [6, 6.07) is 12.6. The second kappa shape index (κ2) is 8.83. The van der Waals surface area contributed by atoms with Gasteiger partial charge in [-0.1, -0.05) is 19.9 Å². The molecule has 0 saturated heterocycles. The zero-order chi connectivity index (χ0) is 22.0. The van der Waals surface area contributed by atoms with E-state index in [1.807, 2.05) is 45.0 Å². The van der Waals surface area contributed by atoms with Gasteiger partial charge in [-0.05, 0) is 42.0 Å². The predicted octanol–water partition coefficient (Wildman–Crippen LogP) is 4.20. The van der Waals surface area contributed by atoms with E-state index in [1.54, 1.807) is 44.6 Å². The number of benzene rings is 2. The minimum Gasteiger partial charge on any atom is -0.493 e. The van der Waals surface area contributed by atoms with Gasteiger partial charge < -0.3 is 14.4 Å². The van der Waals surface area contributed by atoms with Crippen molar-refractivity contribution in [2.24, 2.45) is 0 Å². The summed E-state index contributed by atoms with van der Waals surface area (Å²) in [5.41, 5.74) is 2.55. The molecule has 0 unspecified atom stereocenters. The quantitative estimate of drug-likeness (QED) is 0.619. The van der Waals surface area contributed by atoms with Gasteiger partial charge in [-0.3, -0.25) is 9.59 Å². The van der Waals surface area contributed by atoms with Crippen molar-refractivity contribution < 1.29 is 19.1 Å². The number of thioether (sulfide) groups is 1. The van der Waals surface area contributed by atoms with Crippen LogP contribution in [0.15, 0.2) is 47.4 Å². The third-order valence-corrected chi connectivity index (χ3v) is 5.78. The molecule has 0 spiro atoms. The Bertz CT molecular complexity index is 997. The number of hydrogen-bond donors (Lipinski definition) is 0. The van der Waals surface area contributed by atoms with E-state index >= 15 is 0 Å². The van der Waals surface area contributed by atoms with Gasteiger partial charge in [-0.2, -0.15) is 0 Å². The standard InChI is InChI=1S/C23H26N2O4S/c1-14(2)30-21-20(15-7-12-18(28-5)19(13-15)29-6)22(26)25(23(21)27)17-10-8-16(9-11-17)24(3)4/h7-14H,1-6H3. The molecule has 1 heterocycles. The van der Waals surface area contributed by atoms with Crippen molar-refractivity contribution in [2.75, 3.05) is 38.1 Å². The number of amides is 2. The summed E-state index contributed by atoms with van der Waals surface area (Å²) in [6.45, 7) is 3.99. The normalized spacial score (nSPS) is 14.0. The Morgan fingerprint density at radius 2 is 1.53 bits per heavy atom. The van der Waals surface area contributed by atoms with Crippen LogP contribution < -0.4 is 19.3 Å². The van der Waals surface area contributed by atoms with Crippen molar-refractivity contribution in [2.45, 2.75) is 19.1 Å². The molecule has 1 aliphatic heterocycles. The van der Waals surface area contributed by atoms with Crippen molar-refractivity contribution in [1.29, 1.82) is 0 Å². The van der Waals surface area contributed by atoms with Gasteiger partial charge in [0.15, 0.2) is 11.5 Å². The molecule has 0 aromatic heterocycles. The van der Waals surface area contributed by atoms with Gasteiger partial charge in [0.25, 0.3) is 11.8 Å². The minimum absolute atomic E-state index is 0.142. The SMILES string of the molecule is COc1ccc(C2=C(SC(C)C)C(=O)N(c3ccc(N(C)C)cc3)C2=O)cc1OC. The first-order valence-electron chi connectivity index (χ1n) is 9.58. The van der Waals surface area contributed by atoms with Crippen LogP contribution >= 0.6 is 11.8 Å². The first kappa shape index (κ1) is 21.8. The molecule has 158 valence electrons. The van der Waals surface area contributed by atoms with Gasteiger partial charge in [0, 0.05) is 25.0 Å². The van der Waals surface area contributed by atoms with Crippen molar-refractivity contribution in [1.82, 2.24) is 0 Å². The fraction of sp³-hybridized carbons (Fsp3) is 0.304. The lowest BCUT2D eigenvalue weighted by molar-refractivity contribution is -0.119. The first-order chi connectivity index (χ1) is 14.3. The van der Waals surface area contributed by atoms with Crippen LogP contribution in [0.2, 0.25) is 0 Å². The highest BCUT2D eigenvalue weighted by atomic mass is 32.2. The van der Waals surface area contributed by atoms with E-state index in [9.17, 15) is 9.59 Å². The van der Waals surface area contributed by atoms with Crippen LogP contribution in [0, 0.1) is 0 Å². The van der Waals surface area contributed by atoms with E-state index in [4.69, 9.17) is 9.47 Å². The summed E-state index contributed by atoms with van der Waals surface area (Å²) in [5, 5.41) is 0.142. The average Bonchev–Trinajstić information content (AvgIpc) is 2.96. The Balaban J connectivity index is 2.08. The molecular weight excluding hydrogens is 400 g/mol. The summed E-state index contributed by atoms with van der Waals surface area (Å²) < 4.78 is 10.7. The van der Waals surface area contributed by atoms with Crippen molar-refractivity contribution >= 4 is 40.5 Å². The zero-order valence-electron chi connectivity index (χ0n) is 18.1. The lowest BCUT2D eigenvalue weighted by Gasteiger charge is -2.18. The molecule has 2 aromatic carbocycles. The monoisotopic (exact) mass is 426 g/mol. The molecule has 0 bridgehead atoms. The smallest absolute Gasteiger partial charge is 0.272 e. The number of methoxy groups -OCH3 is 2. The maximum atomic E-state index is 13.4. The van der Waals surface area contributed by atoms with Crippen LogP contribution in [0.1, 0.15) is 19.4 Å². The molecule has 2 aromatic rings. The zero-order valence-corrected chi connectivity index (χ0v) is 18.9. The number of ether oxygens (including phenoxy) is 2. The molecule has 0 aliphatic carbocycles. The van der Waals surface area contributed by atoms with Gasteiger partial charge in [0.05, 0.1) is 30.4 Å². The van der Waals surface area contributed by atoms with E-state index in [2.05, 4.69) is 0 Å². The molecule has 7 heteroatoms. The Labute approximate surface area is 181 Å². The topological polar surface area (TPSA) is 59.1 Å². The molecule has 1 aliphatic rings. The molecule has 0 radical (unpaired) electrons. The molecule has 0 N–H and O–H groups in total. The number of nitrogens with zero attached hydrogens (tertiary/aromatic N) is 2. The highest BCUT2D eigenvalue weighted by Gasteiger charge is 2.40. The number of carbonyl (C=O) groups is 2. The molecule has 30 heavy (non-hydrogen) atoms. The van der Waals surface area contributed by atoms with Gasteiger partial charge in [0.1, 0.15) is 0 Å². The fourth-order valence-electron chi connectivity index (χ4n) is 3.24. The fourth-order valence-corrected chi connectivity index (χ4v) is 4.22. The third-order valence-electron chi connectivity index (χ3n) is 4.69. The highest BCUT2D eigenvalue weighted by molar-refractivity contribution is 8.04. The minimum atomic E-state index is -0.340. The lowest BCUT2D eigenvalue weighted by atomic mass is 10.1. The van der Waals surface area contributed by atoms with Crippen LogP contribution in [-0.4, -0.2) is 45.4 Å². The molecule has 6 nitrogen and oxygen atoms in total. The molecular formula is C23H26N2O4S. The number of anilines is 2. The van der Waals surface area contributed by atoms with E-state index < -0.39 is 0 Å². The van der Waals surface area contributed by atoms with E-state index in [0.29, 0.717) is 33.2 Å².